The summed E-state index contributed by atoms with van der Waals surface area (Å²) in [6, 6.07) is 14.7. The topological polar surface area (TPSA) is 56.9 Å². The van der Waals surface area contributed by atoms with E-state index >= 15 is 0 Å². The molecule has 0 saturated carbocycles. The molecule has 154 valence electrons. The van der Waals surface area contributed by atoms with Gasteiger partial charge in [-0.05, 0) is 34.7 Å². The Morgan fingerprint density at radius 2 is 1.73 bits per heavy atom. The molecule has 5 nitrogen and oxygen atoms in total. The van der Waals surface area contributed by atoms with Crippen LogP contribution in [0.15, 0.2) is 63.1 Å². The molecule has 6 heteroatoms. The third kappa shape index (κ3) is 3.56. The third-order valence-electron chi connectivity index (χ3n) is 5.55. The smallest absolute Gasteiger partial charge is 0.280 e. The predicted octanol–water partition coefficient (Wildman–Crippen LogP) is 4.42. The maximum absolute atomic E-state index is 13.1. The molecule has 0 N–H and O–H groups in total. The lowest BCUT2D eigenvalue weighted by Gasteiger charge is -2.15. The van der Waals surface area contributed by atoms with E-state index in [4.69, 9.17) is 0 Å². The molecule has 4 aromatic rings. The SMILES string of the molecule is CCCCc1cnc2c(c1SCc1cccc3ccccc13)c(=O)n(C)c(=O)n2C. The van der Waals surface area contributed by atoms with Gasteiger partial charge in [-0.1, -0.05) is 55.8 Å². The lowest BCUT2D eigenvalue weighted by Crippen LogP contribution is -2.37. The molecule has 0 spiro atoms. The Bertz CT molecular complexity index is 1350. The summed E-state index contributed by atoms with van der Waals surface area (Å²) < 4.78 is 2.64. The first kappa shape index (κ1) is 20.4. The van der Waals surface area contributed by atoms with Crippen molar-refractivity contribution in [1.29, 1.82) is 0 Å². The van der Waals surface area contributed by atoms with Gasteiger partial charge in [-0.3, -0.25) is 13.9 Å². The highest BCUT2D eigenvalue weighted by Crippen LogP contribution is 2.33. The number of hydrogen-bond acceptors (Lipinski definition) is 4. The second kappa shape index (κ2) is 8.48. The Hall–Kier alpha value is -2.86. The molecule has 0 amide bonds. The largest absolute Gasteiger partial charge is 0.332 e. The second-order valence-electron chi connectivity index (χ2n) is 7.55. The number of aryl methyl sites for hydroxylation is 2. The zero-order valence-corrected chi connectivity index (χ0v) is 18.3. The van der Waals surface area contributed by atoms with E-state index in [1.165, 1.54) is 32.5 Å². The van der Waals surface area contributed by atoms with Crippen molar-refractivity contribution in [2.24, 2.45) is 14.1 Å². The van der Waals surface area contributed by atoms with Crippen molar-refractivity contribution < 1.29 is 0 Å². The normalized spacial score (nSPS) is 11.4. The minimum Gasteiger partial charge on any atom is -0.280 e. The highest BCUT2D eigenvalue weighted by Gasteiger charge is 2.18. The number of hydrogen-bond donors (Lipinski definition) is 0. The van der Waals surface area contributed by atoms with Crippen molar-refractivity contribution in [2.75, 3.05) is 0 Å². The maximum atomic E-state index is 13.1. The Morgan fingerprint density at radius 3 is 2.53 bits per heavy atom. The molecule has 0 atom stereocenters. The Labute approximate surface area is 179 Å². The van der Waals surface area contributed by atoms with Crippen molar-refractivity contribution in [3.8, 4) is 0 Å². The Balaban J connectivity index is 1.87. The number of thioether (sulfide) groups is 1. The zero-order valence-electron chi connectivity index (χ0n) is 17.5. The fourth-order valence-corrected chi connectivity index (χ4v) is 5.03. The van der Waals surface area contributed by atoms with Crippen LogP contribution < -0.4 is 11.2 Å². The summed E-state index contributed by atoms with van der Waals surface area (Å²) in [6.45, 7) is 2.15. The lowest BCUT2D eigenvalue weighted by molar-refractivity contribution is 0.703. The minimum absolute atomic E-state index is 0.278. The van der Waals surface area contributed by atoms with Gasteiger partial charge in [0.2, 0.25) is 0 Å². The molecule has 0 saturated heterocycles. The molecule has 2 aromatic heterocycles. The van der Waals surface area contributed by atoms with Crippen molar-refractivity contribution >= 4 is 33.6 Å². The van der Waals surface area contributed by atoms with Gasteiger partial charge in [0.15, 0.2) is 0 Å². The van der Waals surface area contributed by atoms with E-state index in [2.05, 4.69) is 48.3 Å². The number of rotatable bonds is 6. The highest BCUT2D eigenvalue weighted by atomic mass is 32.2. The van der Waals surface area contributed by atoms with Gasteiger partial charge in [-0.25, -0.2) is 9.78 Å². The van der Waals surface area contributed by atoms with Gasteiger partial charge >= 0.3 is 5.69 Å². The van der Waals surface area contributed by atoms with Crippen LogP contribution in [0.25, 0.3) is 21.8 Å². The van der Waals surface area contributed by atoms with Crippen LogP contribution in [0.2, 0.25) is 0 Å². The molecule has 4 rings (SSSR count). The lowest BCUT2D eigenvalue weighted by atomic mass is 10.1. The van der Waals surface area contributed by atoms with Gasteiger partial charge in [-0.15, -0.1) is 11.8 Å². The second-order valence-corrected chi connectivity index (χ2v) is 8.53. The number of unbranched alkanes of at least 4 members (excludes halogenated alkanes) is 1. The third-order valence-corrected chi connectivity index (χ3v) is 6.76. The quantitative estimate of drug-likeness (QED) is 0.434. The van der Waals surface area contributed by atoms with E-state index < -0.39 is 0 Å². The van der Waals surface area contributed by atoms with Crippen molar-refractivity contribution in [1.82, 2.24) is 14.1 Å². The molecule has 30 heavy (non-hydrogen) atoms. The minimum atomic E-state index is -0.355. The van der Waals surface area contributed by atoms with E-state index in [1.54, 1.807) is 18.8 Å². The van der Waals surface area contributed by atoms with Crippen molar-refractivity contribution in [3.63, 3.8) is 0 Å². The number of aromatic nitrogens is 3. The van der Waals surface area contributed by atoms with Crippen LogP contribution in [0, 0.1) is 0 Å². The monoisotopic (exact) mass is 419 g/mol. The van der Waals surface area contributed by atoms with Gasteiger partial charge in [-0.2, -0.15) is 0 Å². The summed E-state index contributed by atoms with van der Waals surface area (Å²) in [5.41, 5.74) is 2.12. The molecule has 0 aliphatic carbocycles. The molecule has 0 unspecified atom stereocenters. The number of pyridine rings is 1. The summed E-state index contributed by atoms with van der Waals surface area (Å²) in [5, 5.41) is 2.97. The van der Waals surface area contributed by atoms with Gasteiger partial charge < -0.3 is 0 Å². The molecule has 0 radical (unpaired) electrons. The summed E-state index contributed by atoms with van der Waals surface area (Å²) in [4.78, 5) is 30.9. The molecule has 2 aromatic carbocycles. The molecule has 0 aliphatic heterocycles. The molecular formula is C24H25N3O2S. The summed E-state index contributed by atoms with van der Waals surface area (Å²) in [5.74, 6) is 0.742. The highest BCUT2D eigenvalue weighted by molar-refractivity contribution is 7.98. The first-order chi connectivity index (χ1) is 14.5. The van der Waals surface area contributed by atoms with E-state index in [-0.39, 0.29) is 11.2 Å². The first-order valence-electron chi connectivity index (χ1n) is 10.2. The Morgan fingerprint density at radius 1 is 0.967 bits per heavy atom. The number of nitrogens with zero attached hydrogens (tertiary/aromatic N) is 3. The maximum Gasteiger partial charge on any atom is 0.332 e. The first-order valence-corrected chi connectivity index (χ1v) is 11.2. The summed E-state index contributed by atoms with van der Waals surface area (Å²) in [6.07, 6.45) is 4.80. The van der Waals surface area contributed by atoms with Crippen LogP contribution >= 0.6 is 11.8 Å². The fourth-order valence-electron chi connectivity index (χ4n) is 3.82. The van der Waals surface area contributed by atoms with E-state index in [0.29, 0.717) is 11.0 Å². The molecule has 2 heterocycles. The van der Waals surface area contributed by atoms with E-state index in [0.717, 1.165) is 35.5 Å². The summed E-state index contributed by atoms with van der Waals surface area (Å²) >= 11 is 1.66. The van der Waals surface area contributed by atoms with Crippen molar-refractivity contribution in [2.45, 2.75) is 36.8 Å². The standard InChI is InChI=1S/C24H25N3O2S/c1-4-5-9-17-14-25-22-20(23(28)27(3)24(29)26(22)2)21(17)30-15-18-12-8-11-16-10-6-7-13-19(16)18/h6-8,10-14H,4-5,9,15H2,1-3H3. The Kier molecular flexibility index (Phi) is 5.77. The van der Waals surface area contributed by atoms with Gasteiger partial charge in [0, 0.05) is 30.9 Å². The van der Waals surface area contributed by atoms with E-state index in [1.807, 2.05) is 12.3 Å². The predicted molar refractivity (Wildman–Crippen MR) is 124 cm³/mol. The molecule has 0 bridgehead atoms. The molecular weight excluding hydrogens is 394 g/mol. The van der Waals surface area contributed by atoms with Crippen LogP contribution in [-0.2, 0) is 26.3 Å². The van der Waals surface area contributed by atoms with Crippen LogP contribution in [0.1, 0.15) is 30.9 Å². The average molecular weight is 420 g/mol. The van der Waals surface area contributed by atoms with E-state index in [9.17, 15) is 9.59 Å². The number of fused-ring (bicyclic) bond motifs is 2. The zero-order chi connectivity index (χ0) is 21.3. The van der Waals surface area contributed by atoms with Crippen molar-refractivity contribution in [3.05, 3.63) is 80.6 Å². The molecule has 0 fully saturated rings. The summed E-state index contributed by atoms with van der Waals surface area (Å²) in [7, 11) is 3.20. The van der Waals surface area contributed by atoms with Crippen LogP contribution in [0.3, 0.4) is 0 Å². The average Bonchev–Trinajstić information content (AvgIpc) is 2.78. The van der Waals surface area contributed by atoms with Crippen LogP contribution in [0.5, 0.6) is 0 Å². The van der Waals surface area contributed by atoms with Gasteiger partial charge in [0.1, 0.15) is 5.65 Å². The van der Waals surface area contributed by atoms with Gasteiger partial charge in [0.05, 0.1) is 5.39 Å². The van der Waals surface area contributed by atoms with Crippen LogP contribution in [0.4, 0.5) is 0 Å². The molecule has 0 aliphatic rings. The van der Waals surface area contributed by atoms with Gasteiger partial charge in [0.25, 0.3) is 5.56 Å². The number of benzene rings is 2. The van der Waals surface area contributed by atoms with Crippen LogP contribution in [-0.4, -0.2) is 14.1 Å². The fraction of sp³-hybridized carbons (Fsp3) is 0.292.